The van der Waals surface area contributed by atoms with E-state index < -0.39 is 0 Å². The zero-order valence-electron chi connectivity index (χ0n) is 11.7. The van der Waals surface area contributed by atoms with E-state index in [-0.39, 0.29) is 23.4 Å². The molecule has 1 aromatic rings. The second kappa shape index (κ2) is 6.64. The van der Waals surface area contributed by atoms with E-state index in [1.165, 1.54) is 20.3 Å². The number of ether oxygens (including phenoxy) is 2. The Hall–Kier alpha value is -1.99. The van der Waals surface area contributed by atoms with Crippen LogP contribution in [0.4, 0.5) is 4.79 Å². The van der Waals surface area contributed by atoms with Crippen LogP contribution in [-0.4, -0.2) is 48.5 Å². The first-order valence-electron chi connectivity index (χ1n) is 6.18. The Labute approximate surface area is 126 Å². The highest BCUT2D eigenvalue weighted by molar-refractivity contribution is 8.18. The van der Waals surface area contributed by atoms with E-state index in [1.54, 1.807) is 18.2 Å². The zero-order valence-corrected chi connectivity index (χ0v) is 12.5. The molecular formula is C14H15NO5S. The SMILES string of the molecule is COCCN1C(=O)S/C(=C/c2ccc(O)c(OC)c2)C1=O. The normalized spacial score (nSPS) is 16.9. The first-order valence-corrected chi connectivity index (χ1v) is 6.99. The van der Waals surface area contributed by atoms with Crippen LogP contribution in [0, 0.1) is 0 Å². The van der Waals surface area contributed by atoms with E-state index in [4.69, 9.17) is 9.47 Å². The summed E-state index contributed by atoms with van der Waals surface area (Å²) in [7, 11) is 2.95. The van der Waals surface area contributed by atoms with Crippen LogP contribution < -0.4 is 4.74 Å². The lowest BCUT2D eigenvalue weighted by Crippen LogP contribution is -2.31. The summed E-state index contributed by atoms with van der Waals surface area (Å²) in [5, 5.41) is 9.22. The number of rotatable bonds is 5. The number of nitrogens with zero attached hydrogens (tertiary/aromatic N) is 1. The van der Waals surface area contributed by atoms with Gasteiger partial charge in [-0.3, -0.25) is 14.5 Å². The third-order valence-corrected chi connectivity index (χ3v) is 3.80. The standard InChI is InChI=1S/C14H15NO5S/c1-19-6-5-15-13(17)12(21-14(15)18)8-9-3-4-10(16)11(7-9)20-2/h3-4,7-8,16H,5-6H2,1-2H3/b12-8+. The highest BCUT2D eigenvalue weighted by Crippen LogP contribution is 2.33. The zero-order chi connectivity index (χ0) is 15.4. The van der Waals surface area contributed by atoms with Crippen LogP contribution in [0.5, 0.6) is 11.5 Å². The van der Waals surface area contributed by atoms with Crippen molar-refractivity contribution in [3.63, 3.8) is 0 Å². The van der Waals surface area contributed by atoms with Crippen LogP contribution in [0.2, 0.25) is 0 Å². The molecule has 1 heterocycles. The van der Waals surface area contributed by atoms with Gasteiger partial charge in [0.2, 0.25) is 0 Å². The van der Waals surface area contributed by atoms with Crippen molar-refractivity contribution in [2.45, 2.75) is 0 Å². The number of aromatic hydroxyl groups is 1. The molecule has 2 amide bonds. The molecule has 1 N–H and O–H groups in total. The summed E-state index contributed by atoms with van der Waals surface area (Å²) in [5.41, 5.74) is 0.668. The maximum atomic E-state index is 12.1. The van der Waals surface area contributed by atoms with Crippen LogP contribution in [0.1, 0.15) is 5.56 Å². The van der Waals surface area contributed by atoms with Gasteiger partial charge in [-0.2, -0.15) is 0 Å². The Bertz CT molecular complexity index is 599. The molecule has 0 atom stereocenters. The summed E-state index contributed by atoms with van der Waals surface area (Å²) >= 11 is 0.884. The fourth-order valence-electron chi connectivity index (χ4n) is 1.81. The monoisotopic (exact) mass is 309 g/mol. The summed E-state index contributed by atoms with van der Waals surface area (Å²) in [6.45, 7) is 0.537. The highest BCUT2D eigenvalue weighted by atomic mass is 32.2. The van der Waals surface area contributed by atoms with Gasteiger partial charge < -0.3 is 14.6 Å². The van der Waals surface area contributed by atoms with Gasteiger partial charge in [0, 0.05) is 7.11 Å². The summed E-state index contributed by atoms with van der Waals surface area (Å²) < 4.78 is 9.89. The summed E-state index contributed by atoms with van der Waals surface area (Å²) in [6.07, 6.45) is 1.60. The number of carbonyl (C=O) groups excluding carboxylic acids is 2. The first kappa shape index (κ1) is 15.4. The largest absolute Gasteiger partial charge is 0.504 e. The number of thioether (sulfide) groups is 1. The lowest BCUT2D eigenvalue weighted by molar-refractivity contribution is -0.123. The molecule has 0 unspecified atom stereocenters. The minimum absolute atomic E-state index is 0.0165. The number of phenols is 1. The lowest BCUT2D eigenvalue weighted by atomic mass is 10.2. The fraction of sp³-hybridized carbons (Fsp3) is 0.286. The maximum absolute atomic E-state index is 12.1. The van der Waals surface area contributed by atoms with Crippen molar-refractivity contribution in [2.75, 3.05) is 27.4 Å². The van der Waals surface area contributed by atoms with Crippen molar-refractivity contribution in [3.05, 3.63) is 28.7 Å². The number of amides is 2. The van der Waals surface area contributed by atoms with E-state index >= 15 is 0 Å². The first-order chi connectivity index (χ1) is 10.1. The van der Waals surface area contributed by atoms with Crippen molar-refractivity contribution in [2.24, 2.45) is 0 Å². The molecule has 0 saturated carbocycles. The fourth-order valence-corrected chi connectivity index (χ4v) is 2.68. The minimum Gasteiger partial charge on any atom is -0.504 e. The molecule has 21 heavy (non-hydrogen) atoms. The van der Waals surface area contributed by atoms with E-state index in [9.17, 15) is 14.7 Å². The number of methoxy groups -OCH3 is 2. The molecule has 1 fully saturated rings. The van der Waals surface area contributed by atoms with Gasteiger partial charge in [0.15, 0.2) is 11.5 Å². The molecule has 2 rings (SSSR count). The Kier molecular flexibility index (Phi) is 4.87. The van der Waals surface area contributed by atoms with Crippen molar-refractivity contribution in [1.29, 1.82) is 0 Å². The van der Waals surface area contributed by atoms with E-state index in [1.807, 2.05) is 0 Å². The number of imide groups is 1. The van der Waals surface area contributed by atoms with Gasteiger partial charge in [-0.15, -0.1) is 0 Å². The van der Waals surface area contributed by atoms with E-state index in [0.717, 1.165) is 16.7 Å². The number of hydrogen-bond acceptors (Lipinski definition) is 6. The number of benzene rings is 1. The second-order valence-electron chi connectivity index (χ2n) is 4.26. The van der Waals surface area contributed by atoms with Crippen LogP contribution in [0.3, 0.4) is 0 Å². The van der Waals surface area contributed by atoms with Gasteiger partial charge >= 0.3 is 0 Å². The van der Waals surface area contributed by atoms with Crippen LogP contribution in [-0.2, 0) is 9.53 Å². The molecule has 0 spiro atoms. The lowest BCUT2D eigenvalue weighted by Gasteiger charge is -2.10. The van der Waals surface area contributed by atoms with Crippen LogP contribution in [0.15, 0.2) is 23.1 Å². The number of hydrogen-bond donors (Lipinski definition) is 1. The average molecular weight is 309 g/mol. The Morgan fingerprint density at radius 2 is 2.10 bits per heavy atom. The molecule has 0 bridgehead atoms. The molecule has 112 valence electrons. The second-order valence-corrected chi connectivity index (χ2v) is 5.25. The van der Waals surface area contributed by atoms with Gasteiger partial charge in [0.25, 0.3) is 11.1 Å². The van der Waals surface area contributed by atoms with Crippen molar-refractivity contribution >= 4 is 29.0 Å². The molecular weight excluding hydrogens is 294 g/mol. The van der Waals surface area contributed by atoms with Gasteiger partial charge in [-0.1, -0.05) is 6.07 Å². The van der Waals surface area contributed by atoms with Crippen molar-refractivity contribution < 1.29 is 24.2 Å². The Morgan fingerprint density at radius 3 is 2.76 bits per heavy atom. The van der Waals surface area contributed by atoms with E-state index in [2.05, 4.69) is 0 Å². The topological polar surface area (TPSA) is 76.1 Å². The maximum Gasteiger partial charge on any atom is 0.293 e. The van der Waals surface area contributed by atoms with Crippen molar-refractivity contribution in [1.82, 2.24) is 4.90 Å². The van der Waals surface area contributed by atoms with Crippen LogP contribution >= 0.6 is 11.8 Å². The Balaban J connectivity index is 2.22. The minimum atomic E-state index is -0.339. The molecule has 7 heteroatoms. The molecule has 1 saturated heterocycles. The van der Waals surface area contributed by atoms with Gasteiger partial charge in [0.05, 0.1) is 25.2 Å². The predicted molar refractivity (Wildman–Crippen MR) is 79.2 cm³/mol. The molecule has 0 radical (unpaired) electrons. The summed E-state index contributed by atoms with van der Waals surface area (Å²) in [6, 6.07) is 4.71. The highest BCUT2D eigenvalue weighted by Gasteiger charge is 2.34. The third-order valence-electron chi connectivity index (χ3n) is 2.89. The number of carbonyl (C=O) groups is 2. The smallest absolute Gasteiger partial charge is 0.293 e. The number of phenolic OH excluding ortho intramolecular Hbond substituents is 1. The van der Waals surface area contributed by atoms with E-state index in [0.29, 0.717) is 22.8 Å². The molecule has 1 aliphatic rings. The van der Waals surface area contributed by atoms with Gasteiger partial charge in [0.1, 0.15) is 0 Å². The molecule has 1 aliphatic heterocycles. The summed E-state index contributed by atoms with van der Waals surface area (Å²) in [4.78, 5) is 25.4. The van der Waals surface area contributed by atoms with Gasteiger partial charge in [-0.25, -0.2) is 0 Å². The molecule has 0 aliphatic carbocycles. The average Bonchev–Trinajstić information content (AvgIpc) is 2.73. The summed E-state index contributed by atoms with van der Waals surface area (Å²) in [5.74, 6) is -0.0145. The Morgan fingerprint density at radius 1 is 1.33 bits per heavy atom. The van der Waals surface area contributed by atoms with Crippen molar-refractivity contribution in [3.8, 4) is 11.5 Å². The van der Waals surface area contributed by atoms with Crippen LogP contribution in [0.25, 0.3) is 6.08 Å². The molecule has 0 aromatic heterocycles. The molecule has 1 aromatic carbocycles. The van der Waals surface area contributed by atoms with Gasteiger partial charge in [-0.05, 0) is 35.5 Å². The molecule has 6 nitrogen and oxygen atoms in total. The third kappa shape index (κ3) is 3.37. The quantitative estimate of drug-likeness (QED) is 0.839. The predicted octanol–water partition coefficient (Wildman–Crippen LogP) is 2.08.